The topological polar surface area (TPSA) is 17.1 Å². The van der Waals surface area contributed by atoms with Crippen molar-refractivity contribution in [3.8, 4) is 0 Å². The molecule has 0 aliphatic carbocycles. The van der Waals surface area contributed by atoms with Crippen molar-refractivity contribution in [2.75, 3.05) is 5.75 Å². The fourth-order valence-electron chi connectivity index (χ4n) is 1.74. The third-order valence-electron chi connectivity index (χ3n) is 2.57. The number of carbonyl (C=O) groups is 1. The van der Waals surface area contributed by atoms with Crippen LogP contribution in [-0.2, 0) is 4.79 Å². The summed E-state index contributed by atoms with van der Waals surface area (Å²) in [5.74, 6) is 1.55. The van der Waals surface area contributed by atoms with E-state index in [0.29, 0.717) is 11.0 Å². The van der Waals surface area contributed by atoms with Gasteiger partial charge in [0.05, 0.1) is 0 Å². The van der Waals surface area contributed by atoms with Gasteiger partial charge < -0.3 is 0 Å². The molecule has 1 aliphatic rings. The SMILES string of the molecule is CCCCCCC1CC(=O)CCS1. The highest BCUT2D eigenvalue weighted by Gasteiger charge is 2.18. The van der Waals surface area contributed by atoms with E-state index in [1.54, 1.807) is 0 Å². The Bertz CT molecular complexity index is 156. The number of ketones is 1. The second-order valence-corrected chi connectivity index (χ2v) is 5.24. The van der Waals surface area contributed by atoms with E-state index in [0.717, 1.165) is 18.6 Å². The Morgan fingerprint density at radius 3 is 2.92 bits per heavy atom. The first-order chi connectivity index (χ1) is 6.33. The number of Topliss-reactive ketones (excluding diaryl/α,β-unsaturated/α-hetero) is 1. The average Bonchev–Trinajstić information content (AvgIpc) is 2.13. The Hall–Kier alpha value is 0.0200. The molecule has 1 rings (SSSR count). The van der Waals surface area contributed by atoms with Crippen LogP contribution < -0.4 is 0 Å². The predicted molar refractivity (Wildman–Crippen MR) is 59.2 cm³/mol. The molecule has 0 amide bonds. The highest BCUT2D eigenvalue weighted by Crippen LogP contribution is 2.27. The van der Waals surface area contributed by atoms with E-state index >= 15 is 0 Å². The first-order valence-corrected chi connectivity index (χ1v) is 6.51. The Balaban J connectivity index is 2.03. The Kier molecular flexibility index (Phi) is 5.52. The van der Waals surface area contributed by atoms with Crippen molar-refractivity contribution in [2.45, 2.75) is 57.1 Å². The lowest BCUT2D eigenvalue weighted by Crippen LogP contribution is -2.17. The van der Waals surface area contributed by atoms with Gasteiger partial charge in [0.25, 0.3) is 0 Å². The standard InChI is InChI=1S/C11H20OS/c1-2-3-4-5-6-11-9-10(12)7-8-13-11/h11H,2-9H2,1H3. The van der Waals surface area contributed by atoms with Crippen LogP contribution in [0, 0.1) is 0 Å². The normalized spacial score (nSPS) is 23.5. The fraction of sp³-hybridized carbons (Fsp3) is 0.909. The molecule has 1 atom stereocenters. The maximum atomic E-state index is 11.1. The second kappa shape index (κ2) is 6.47. The average molecular weight is 200 g/mol. The van der Waals surface area contributed by atoms with Crippen LogP contribution >= 0.6 is 11.8 Å². The van der Waals surface area contributed by atoms with Crippen molar-refractivity contribution < 1.29 is 4.79 Å². The zero-order valence-corrected chi connectivity index (χ0v) is 9.37. The molecule has 2 heteroatoms. The van der Waals surface area contributed by atoms with Gasteiger partial charge in [-0.25, -0.2) is 0 Å². The van der Waals surface area contributed by atoms with Gasteiger partial charge in [-0.1, -0.05) is 32.6 Å². The Morgan fingerprint density at radius 2 is 2.23 bits per heavy atom. The monoisotopic (exact) mass is 200 g/mol. The van der Waals surface area contributed by atoms with Gasteiger partial charge in [-0.15, -0.1) is 0 Å². The fourth-order valence-corrected chi connectivity index (χ4v) is 3.05. The first kappa shape index (κ1) is 11.1. The second-order valence-electron chi connectivity index (χ2n) is 3.83. The summed E-state index contributed by atoms with van der Waals surface area (Å²) >= 11 is 2.00. The minimum absolute atomic E-state index is 0.485. The van der Waals surface area contributed by atoms with Crippen molar-refractivity contribution >= 4 is 17.5 Å². The Labute approximate surface area is 85.7 Å². The molecule has 1 fully saturated rings. The van der Waals surface area contributed by atoms with E-state index in [-0.39, 0.29) is 0 Å². The van der Waals surface area contributed by atoms with E-state index < -0.39 is 0 Å². The quantitative estimate of drug-likeness (QED) is 0.633. The smallest absolute Gasteiger partial charge is 0.134 e. The van der Waals surface area contributed by atoms with Crippen LogP contribution in [0.2, 0.25) is 0 Å². The predicted octanol–water partition coefficient (Wildman–Crippen LogP) is 3.42. The van der Waals surface area contributed by atoms with Crippen LogP contribution in [0.5, 0.6) is 0 Å². The number of carbonyl (C=O) groups excluding carboxylic acids is 1. The lowest BCUT2D eigenvalue weighted by molar-refractivity contribution is -0.118. The summed E-state index contributed by atoms with van der Waals surface area (Å²) < 4.78 is 0. The number of rotatable bonds is 5. The zero-order chi connectivity index (χ0) is 9.52. The van der Waals surface area contributed by atoms with E-state index in [2.05, 4.69) is 6.92 Å². The minimum Gasteiger partial charge on any atom is -0.300 e. The van der Waals surface area contributed by atoms with Gasteiger partial charge in [-0.2, -0.15) is 11.8 Å². The molecule has 1 heterocycles. The Morgan fingerprint density at radius 1 is 1.38 bits per heavy atom. The van der Waals surface area contributed by atoms with Crippen LogP contribution in [0.25, 0.3) is 0 Å². The third kappa shape index (κ3) is 4.70. The molecule has 0 aromatic carbocycles. The van der Waals surface area contributed by atoms with Crippen molar-refractivity contribution in [3.05, 3.63) is 0 Å². The molecule has 13 heavy (non-hydrogen) atoms. The number of hydrogen-bond donors (Lipinski definition) is 0. The van der Waals surface area contributed by atoms with Crippen LogP contribution in [0.3, 0.4) is 0 Å². The summed E-state index contributed by atoms with van der Waals surface area (Å²) in [6.07, 6.45) is 8.24. The van der Waals surface area contributed by atoms with Gasteiger partial charge >= 0.3 is 0 Å². The number of thioether (sulfide) groups is 1. The molecule has 0 bridgehead atoms. The third-order valence-corrected chi connectivity index (χ3v) is 3.88. The molecular weight excluding hydrogens is 180 g/mol. The van der Waals surface area contributed by atoms with Gasteiger partial charge in [-0.3, -0.25) is 4.79 Å². The van der Waals surface area contributed by atoms with Crippen LogP contribution in [0.15, 0.2) is 0 Å². The maximum absolute atomic E-state index is 11.1. The number of hydrogen-bond acceptors (Lipinski definition) is 2. The molecule has 1 aliphatic heterocycles. The van der Waals surface area contributed by atoms with Crippen molar-refractivity contribution in [1.82, 2.24) is 0 Å². The summed E-state index contributed by atoms with van der Waals surface area (Å²) in [4.78, 5) is 11.1. The van der Waals surface area contributed by atoms with Crippen molar-refractivity contribution in [3.63, 3.8) is 0 Å². The highest BCUT2D eigenvalue weighted by molar-refractivity contribution is 8.00. The van der Waals surface area contributed by atoms with E-state index in [1.807, 2.05) is 11.8 Å². The van der Waals surface area contributed by atoms with E-state index in [1.165, 1.54) is 32.1 Å². The molecule has 76 valence electrons. The molecule has 1 saturated heterocycles. The van der Waals surface area contributed by atoms with Crippen LogP contribution in [0.4, 0.5) is 0 Å². The molecule has 0 N–H and O–H groups in total. The highest BCUT2D eigenvalue weighted by atomic mass is 32.2. The van der Waals surface area contributed by atoms with Gasteiger partial charge in [0, 0.05) is 23.8 Å². The van der Waals surface area contributed by atoms with Crippen LogP contribution in [-0.4, -0.2) is 16.8 Å². The molecular formula is C11H20OS. The van der Waals surface area contributed by atoms with E-state index in [9.17, 15) is 4.79 Å². The van der Waals surface area contributed by atoms with Gasteiger partial charge in [0.2, 0.25) is 0 Å². The molecule has 0 spiro atoms. The molecule has 1 nitrogen and oxygen atoms in total. The van der Waals surface area contributed by atoms with Crippen molar-refractivity contribution in [1.29, 1.82) is 0 Å². The molecule has 0 aromatic heterocycles. The molecule has 1 unspecified atom stereocenters. The molecule has 0 radical (unpaired) electrons. The largest absolute Gasteiger partial charge is 0.300 e. The summed E-state index contributed by atoms with van der Waals surface area (Å²) in [5.41, 5.74) is 0. The molecule has 0 saturated carbocycles. The van der Waals surface area contributed by atoms with Crippen LogP contribution in [0.1, 0.15) is 51.9 Å². The lowest BCUT2D eigenvalue weighted by atomic mass is 10.1. The zero-order valence-electron chi connectivity index (χ0n) is 8.55. The summed E-state index contributed by atoms with van der Waals surface area (Å²) in [5, 5.41) is 0.651. The summed E-state index contributed by atoms with van der Waals surface area (Å²) in [6.45, 7) is 2.24. The van der Waals surface area contributed by atoms with Crippen molar-refractivity contribution in [2.24, 2.45) is 0 Å². The summed E-state index contributed by atoms with van der Waals surface area (Å²) in [6, 6.07) is 0. The number of unbranched alkanes of at least 4 members (excludes halogenated alkanes) is 3. The minimum atomic E-state index is 0.485. The lowest BCUT2D eigenvalue weighted by Gasteiger charge is -2.19. The first-order valence-electron chi connectivity index (χ1n) is 5.46. The van der Waals surface area contributed by atoms with Gasteiger partial charge in [0.1, 0.15) is 5.78 Å². The van der Waals surface area contributed by atoms with Gasteiger partial charge in [-0.05, 0) is 6.42 Å². The summed E-state index contributed by atoms with van der Waals surface area (Å²) in [7, 11) is 0. The molecule has 0 aromatic rings. The van der Waals surface area contributed by atoms with E-state index in [4.69, 9.17) is 0 Å². The van der Waals surface area contributed by atoms with Gasteiger partial charge in [0.15, 0.2) is 0 Å². The maximum Gasteiger partial charge on any atom is 0.134 e.